The number of phenolic OH excluding ortho intramolecular Hbond substituents is 1. The normalized spacial score (nSPS) is 26.6. The first-order chi connectivity index (χ1) is 24.2. The number of hydrogen-bond donors (Lipinski definition) is 3. The Kier molecular flexibility index (Phi) is 10.9. The van der Waals surface area contributed by atoms with E-state index in [2.05, 4.69) is 22.8 Å². The summed E-state index contributed by atoms with van der Waals surface area (Å²) >= 11 is 0. The fourth-order valence-corrected chi connectivity index (χ4v) is 9.96. The highest BCUT2D eigenvalue weighted by Crippen LogP contribution is 2.62. The van der Waals surface area contributed by atoms with Gasteiger partial charge in [-0.1, -0.05) is 48.3 Å². The topological polar surface area (TPSA) is 151 Å². The van der Waals surface area contributed by atoms with E-state index in [4.69, 9.17) is 14.3 Å². The van der Waals surface area contributed by atoms with Crippen LogP contribution in [0.4, 0.5) is 0 Å². The van der Waals surface area contributed by atoms with E-state index in [0.717, 1.165) is 36.8 Å². The Morgan fingerprint density at radius 2 is 1.86 bits per heavy atom. The summed E-state index contributed by atoms with van der Waals surface area (Å²) in [4.78, 5) is 9.93. The van der Waals surface area contributed by atoms with Gasteiger partial charge in [0.05, 0.1) is 29.8 Å². The van der Waals surface area contributed by atoms with Crippen LogP contribution in [0.1, 0.15) is 56.4 Å². The van der Waals surface area contributed by atoms with Gasteiger partial charge >= 0.3 is 0 Å². The van der Waals surface area contributed by atoms with Crippen LogP contribution in [-0.4, -0.2) is 84.5 Å². The van der Waals surface area contributed by atoms with Gasteiger partial charge in [-0.3, -0.25) is 4.98 Å². The molecule has 2 aliphatic carbocycles. The van der Waals surface area contributed by atoms with Crippen LogP contribution < -0.4 is 4.74 Å². The summed E-state index contributed by atoms with van der Waals surface area (Å²) in [5.41, 5.74) is 2.62. The summed E-state index contributed by atoms with van der Waals surface area (Å²) in [5.74, 6) is -1.71. The number of fused-ring (bicyclic) bond motifs is 3. The first-order valence-electron chi connectivity index (χ1n) is 17.3. The predicted octanol–water partition coefficient (Wildman–Crippen LogP) is 5.52. The number of hydrogen-bond acceptors (Lipinski definition) is 10. The van der Waals surface area contributed by atoms with E-state index in [1.807, 2.05) is 12.1 Å². The molecule has 6 rings (SSSR count). The molecule has 2 aromatic carbocycles. The molecule has 3 aliphatic rings. The molecular weight excluding hydrogens is 658 g/mol. The van der Waals surface area contributed by atoms with E-state index < -0.39 is 27.8 Å². The molecule has 3 N–H and O–H groups in total. The molecule has 0 radical (unpaired) electrons. The van der Waals surface area contributed by atoms with Crippen molar-refractivity contribution in [2.24, 2.45) is 22.9 Å². The van der Waals surface area contributed by atoms with Gasteiger partial charge in [-0.15, -0.1) is 6.58 Å². The number of benzene rings is 2. The fourth-order valence-electron chi connectivity index (χ4n) is 8.43. The summed E-state index contributed by atoms with van der Waals surface area (Å²) in [7, 11) is -1.18. The molecular formula is C38H47N3O8S. The molecule has 3 aromatic rings. The lowest BCUT2D eigenvalue weighted by Crippen LogP contribution is -2.69. The van der Waals surface area contributed by atoms with E-state index in [1.54, 1.807) is 55.7 Å². The number of phenols is 1. The zero-order valence-electron chi connectivity index (χ0n) is 28.6. The number of allylic oxidation sites excluding steroid dienone is 1. The molecule has 11 nitrogen and oxygen atoms in total. The molecule has 0 unspecified atom stereocenters. The monoisotopic (exact) mass is 705 g/mol. The minimum absolute atomic E-state index is 0.0110. The van der Waals surface area contributed by atoms with Crippen LogP contribution in [0.5, 0.6) is 11.5 Å². The molecule has 2 heterocycles. The average Bonchev–Trinajstić information content (AvgIpc) is 3.12. The van der Waals surface area contributed by atoms with Gasteiger partial charge in [0.2, 0.25) is 15.8 Å². The second-order valence-electron chi connectivity index (χ2n) is 13.3. The van der Waals surface area contributed by atoms with Crippen molar-refractivity contribution in [2.45, 2.75) is 67.6 Å². The first-order valence-corrected chi connectivity index (χ1v) is 18.8. The highest BCUT2D eigenvalue weighted by molar-refractivity contribution is 7.89. The van der Waals surface area contributed by atoms with Crippen LogP contribution in [-0.2, 0) is 19.6 Å². The van der Waals surface area contributed by atoms with Crippen molar-refractivity contribution in [3.8, 4) is 11.5 Å². The predicted molar refractivity (Wildman–Crippen MR) is 190 cm³/mol. The number of ether oxygens (including phenoxy) is 2. The fraction of sp³-hybridized carbons (Fsp3) is 0.474. The van der Waals surface area contributed by atoms with Gasteiger partial charge in [0.25, 0.3) is 0 Å². The Balaban J connectivity index is 1.59. The molecule has 0 saturated heterocycles. The SMILES string of the molecule is C=CCO[C@@]12Oc3ccc(O)cc3[C@H]3[C@H](CCCCO)[C@@H](CCCCO)C=C(C(=NOC)C[C@@H]1N(C)S(=O)(=O)c1cccc4cccnc14)[C@H]32. The second kappa shape index (κ2) is 15.2. The van der Waals surface area contributed by atoms with E-state index in [-0.39, 0.29) is 54.6 Å². The van der Waals surface area contributed by atoms with Crippen molar-refractivity contribution >= 4 is 26.6 Å². The van der Waals surface area contributed by atoms with Gasteiger partial charge in [-0.25, -0.2) is 8.42 Å². The first kappa shape index (κ1) is 36.0. The highest BCUT2D eigenvalue weighted by atomic mass is 32.2. The Hall–Kier alpha value is -3.81. The molecule has 50 heavy (non-hydrogen) atoms. The summed E-state index contributed by atoms with van der Waals surface area (Å²) in [6, 6.07) is 12.8. The zero-order chi connectivity index (χ0) is 35.5. The quantitative estimate of drug-likeness (QED) is 0.105. The third kappa shape index (κ3) is 6.43. The molecule has 1 aliphatic heterocycles. The third-order valence-electron chi connectivity index (χ3n) is 10.5. The Bertz CT molecular complexity index is 1860. The van der Waals surface area contributed by atoms with Crippen molar-refractivity contribution in [3.63, 3.8) is 0 Å². The number of rotatable bonds is 15. The molecule has 0 amide bonds. The molecule has 1 saturated carbocycles. The molecule has 0 bridgehead atoms. The van der Waals surface area contributed by atoms with Crippen LogP contribution in [0.15, 0.2) is 89.1 Å². The van der Waals surface area contributed by atoms with Crippen LogP contribution >= 0.6 is 0 Å². The molecule has 1 fully saturated rings. The molecule has 0 spiro atoms. The number of aliphatic hydroxyl groups excluding tert-OH is 2. The number of pyridine rings is 1. The van der Waals surface area contributed by atoms with Crippen molar-refractivity contribution in [3.05, 3.63) is 84.6 Å². The smallest absolute Gasteiger partial charge is 0.245 e. The minimum atomic E-state index is -4.20. The lowest BCUT2D eigenvalue weighted by Gasteiger charge is -2.59. The van der Waals surface area contributed by atoms with E-state index in [0.29, 0.717) is 35.2 Å². The van der Waals surface area contributed by atoms with Gasteiger partial charge in [0, 0.05) is 49.7 Å². The van der Waals surface area contributed by atoms with Gasteiger partial charge in [0.1, 0.15) is 23.5 Å². The van der Waals surface area contributed by atoms with Gasteiger partial charge in [0.15, 0.2) is 0 Å². The number of unbranched alkanes of at least 4 members (excludes halogenated alkanes) is 2. The number of para-hydroxylation sites is 1. The Labute approximate surface area is 293 Å². The molecule has 1 aromatic heterocycles. The average molecular weight is 706 g/mol. The molecule has 6 atom stereocenters. The lowest BCUT2D eigenvalue weighted by molar-refractivity contribution is -0.250. The second-order valence-corrected chi connectivity index (χ2v) is 15.3. The largest absolute Gasteiger partial charge is 0.508 e. The summed E-state index contributed by atoms with van der Waals surface area (Å²) in [5, 5.41) is 35.4. The molecule has 12 heteroatoms. The summed E-state index contributed by atoms with van der Waals surface area (Å²) < 4.78 is 44.7. The van der Waals surface area contributed by atoms with Crippen molar-refractivity contribution in [1.29, 1.82) is 0 Å². The maximum atomic E-state index is 14.8. The van der Waals surface area contributed by atoms with E-state index in [1.165, 1.54) is 11.4 Å². The standard InChI is InChI=1S/C38H47N3O8S/c1-4-21-48-38-34(41(2)50(45,46)33-15-9-12-25-13-10-18-39-37(25)33)24-31(40-47-3)29-22-26(11-5-7-19-42)28(14-6-8-20-43)35(36(29)38)30-23-27(44)16-17-32(30)49-38/h4,9-10,12-13,15-18,22-23,26,28,34-36,42-44H,1,5-8,11,14,19-21,24H2,2-3H3/t26-,28+,34-,35+,36+,38+/m0/s1. The van der Waals surface area contributed by atoms with Crippen molar-refractivity contribution in [2.75, 3.05) is 34.0 Å². The number of aliphatic hydroxyl groups is 2. The maximum absolute atomic E-state index is 14.8. The maximum Gasteiger partial charge on any atom is 0.245 e. The lowest BCUT2D eigenvalue weighted by atomic mass is 9.55. The molecule has 268 valence electrons. The third-order valence-corrected chi connectivity index (χ3v) is 12.4. The Morgan fingerprint density at radius 3 is 2.60 bits per heavy atom. The highest BCUT2D eigenvalue weighted by Gasteiger charge is 2.65. The number of likely N-dealkylation sites (N-methyl/N-ethyl adjacent to an activating group) is 1. The number of oxime groups is 1. The number of sulfonamides is 1. The number of aromatic hydroxyl groups is 1. The van der Waals surface area contributed by atoms with Crippen LogP contribution in [0.2, 0.25) is 0 Å². The van der Waals surface area contributed by atoms with Crippen molar-refractivity contribution < 1.29 is 38.0 Å². The van der Waals surface area contributed by atoms with Crippen molar-refractivity contribution in [1.82, 2.24) is 9.29 Å². The zero-order valence-corrected chi connectivity index (χ0v) is 29.5. The minimum Gasteiger partial charge on any atom is -0.508 e. The van der Waals surface area contributed by atoms with Gasteiger partial charge < -0.3 is 29.6 Å². The number of nitrogens with zero attached hydrogens (tertiary/aromatic N) is 3. The Morgan fingerprint density at radius 1 is 1.10 bits per heavy atom. The van der Waals surface area contributed by atoms with E-state index >= 15 is 0 Å². The van der Waals surface area contributed by atoms with Crippen LogP contribution in [0.25, 0.3) is 10.9 Å². The van der Waals surface area contributed by atoms with Gasteiger partial charge in [-0.2, -0.15) is 4.31 Å². The van der Waals surface area contributed by atoms with Gasteiger partial charge in [-0.05, 0) is 73.4 Å². The van der Waals surface area contributed by atoms with E-state index in [9.17, 15) is 23.7 Å². The van der Waals surface area contributed by atoms with Crippen LogP contribution in [0, 0.1) is 17.8 Å². The number of aromatic nitrogens is 1. The summed E-state index contributed by atoms with van der Waals surface area (Å²) in [6.07, 6.45) is 9.99. The van der Waals surface area contributed by atoms with Crippen LogP contribution in [0.3, 0.4) is 0 Å². The summed E-state index contributed by atoms with van der Waals surface area (Å²) in [6.45, 7) is 4.16.